The van der Waals surface area contributed by atoms with Crippen LogP contribution in [0, 0.1) is 17.0 Å². The predicted molar refractivity (Wildman–Crippen MR) is 117 cm³/mol. The van der Waals surface area contributed by atoms with Crippen LogP contribution in [0.25, 0.3) is 0 Å². The average molecular weight is 411 g/mol. The fraction of sp³-hybridized carbons (Fsp3) is 0.375. The number of benzene rings is 2. The third kappa shape index (κ3) is 6.17. The summed E-state index contributed by atoms with van der Waals surface area (Å²) in [5.74, 6) is 0.536. The quantitative estimate of drug-likeness (QED) is 0.282. The topological polar surface area (TPSA) is 78.7 Å². The first kappa shape index (κ1) is 23.1. The van der Waals surface area contributed by atoms with Crippen LogP contribution in [-0.4, -0.2) is 31.0 Å². The zero-order chi connectivity index (χ0) is 22.1. The van der Waals surface area contributed by atoms with Crippen LogP contribution in [0.5, 0.6) is 11.5 Å². The number of aryl methyl sites for hydroxylation is 2. The van der Waals surface area contributed by atoms with Crippen molar-refractivity contribution in [2.45, 2.75) is 44.6 Å². The first-order chi connectivity index (χ1) is 14.4. The molecule has 2 rings (SSSR count). The van der Waals surface area contributed by atoms with E-state index in [1.807, 2.05) is 31.2 Å². The molecular formula is C24H29NO5. The summed E-state index contributed by atoms with van der Waals surface area (Å²) in [7, 11) is 3.05. The summed E-state index contributed by atoms with van der Waals surface area (Å²) in [5.41, 5.74) is 2.97. The Hall–Kier alpha value is -3.15. The van der Waals surface area contributed by atoms with Crippen molar-refractivity contribution >= 4 is 5.78 Å². The smallest absolute Gasteiger partial charge is 0.223 e. The number of ether oxygens (including phenoxy) is 2. The van der Waals surface area contributed by atoms with Gasteiger partial charge < -0.3 is 9.47 Å². The van der Waals surface area contributed by atoms with Crippen molar-refractivity contribution in [1.29, 1.82) is 0 Å². The van der Waals surface area contributed by atoms with E-state index in [0.717, 1.165) is 5.56 Å². The van der Waals surface area contributed by atoms with E-state index in [2.05, 4.69) is 6.58 Å². The van der Waals surface area contributed by atoms with Crippen LogP contribution in [0.3, 0.4) is 0 Å². The zero-order valence-electron chi connectivity index (χ0n) is 17.8. The molecule has 0 saturated carbocycles. The third-order valence-corrected chi connectivity index (χ3v) is 5.26. The second-order valence-electron chi connectivity index (χ2n) is 7.29. The van der Waals surface area contributed by atoms with Crippen molar-refractivity contribution < 1.29 is 19.2 Å². The lowest BCUT2D eigenvalue weighted by Crippen LogP contribution is -2.27. The summed E-state index contributed by atoms with van der Waals surface area (Å²) in [6.07, 6.45) is 2.90. The molecule has 0 N–H and O–H groups in total. The van der Waals surface area contributed by atoms with Crippen LogP contribution >= 0.6 is 0 Å². The number of rotatable bonds is 12. The molecule has 160 valence electrons. The van der Waals surface area contributed by atoms with E-state index in [1.54, 1.807) is 24.3 Å². The van der Waals surface area contributed by atoms with Crippen LogP contribution in [0.1, 0.15) is 41.9 Å². The largest absolute Gasteiger partial charge is 0.493 e. The van der Waals surface area contributed by atoms with Crippen molar-refractivity contribution in [3.05, 3.63) is 81.9 Å². The Morgan fingerprint density at radius 2 is 1.77 bits per heavy atom. The summed E-state index contributed by atoms with van der Waals surface area (Å²) in [4.78, 5) is 23.8. The number of methoxy groups -OCH3 is 2. The summed E-state index contributed by atoms with van der Waals surface area (Å²) >= 11 is 0. The molecule has 0 bridgehead atoms. The highest BCUT2D eigenvalue weighted by molar-refractivity contribution is 5.78. The van der Waals surface area contributed by atoms with Gasteiger partial charge in [-0.25, -0.2) is 0 Å². The molecule has 0 heterocycles. The standard InChI is InChI=1S/C24H29NO5/c1-5-21(19-11-15-23(29-3)24(16-19)30-4)22(25(27)28)14-13-20(26)12-10-18-8-6-17(2)7-9-18/h5-9,11,15-16,21-22H,1,10,12-14H2,2-4H3. The normalized spacial score (nSPS) is 12.6. The molecule has 0 fully saturated rings. The number of nitro groups is 1. The lowest BCUT2D eigenvalue weighted by Gasteiger charge is -2.19. The maximum atomic E-state index is 12.4. The Kier molecular flexibility index (Phi) is 8.59. The van der Waals surface area contributed by atoms with Crippen molar-refractivity contribution in [2.75, 3.05) is 14.2 Å². The van der Waals surface area contributed by atoms with E-state index >= 15 is 0 Å². The molecule has 6 nitrogen and oxygen atoms in total. The molecule has 0 amide bonds. The van der Waals surface area contributed by atoms with Gasteiger partial charge in [0.25, 0.3) is 0 Å². The van der Waals surface area contributed by atoms with Gasteiger partial charge in [-0.15, -0.1) is 6.58 Å². The maximum absolute atomic E-state index is 12.4. The minimum Gasteiger partial charge on any atom is -0.493 e. The maximum Gasteiger partial charge on any atom is 0.223 e. The highest BCUT2D eigenvalue weighted by Crippen LogP contribution is 2.34. The van der Waals surface area contributed by atoms with Gasteiger partial charge in [-0.2, -0.15) is 0 Å². The van der Waals surface area contributed by atoms with Gasteiger partial charge in [-0.1, -0.05) is 42.0 Å². The number of carbonyl (C=O) groups is 1. The monoisotopic (exact) mass is 411 g/mol. The fourth-order valence-corrected chi connectivity index (χ4v) is 3.46. The number of nitrogens with zero attached hydrogens (tertiary/aromatic N) is 1. The van der Waals surface area contributed by atoms with Crippen molar-refractivity contribution in [1.82, 2.24) is 0 Å². The molecule has 0 aliphatic carbocycles. The van der Waals surface area contributed by atoms with E-state index < -0.39 is 12.0 Å². The average Bonchev–Trinajstić information content (AvgIpc) is 2.75. The van der Waals surface area contributed by atoms with Crippen LogP contribution in [-0.2, 0) is 11.2 Å². The summed E-state index contributed by atoms with van der Waals surface area (Å²) in [6.45, 7) is 5.80. The van der Waals surface area contributed by atoms with E-state index in [-0.39, 0.29) is 23.5 Å². The van der Waals surface area contributed by atoms with Gasteiger partial charge in [-0.05, 0) is 36.6 Å². The van der Waals surface area contributed by atoms with Gasteiger partial charge in [0, 0.05) is 24.2 Å². The Balaban J connectivity index is 2.04. The Morgan fingerprint density at radius 3 is 2.33 bits per heavy atom. The molecule has 6 heteroatoms. The molecule has 2 atom stereocenters. The van der Waals surface area contributed by atoms with E-state index in [4.69, 9.17) is 9.47 Å². The van der Waals surface area contributed by atoms with Crippen molar-refractivity contribution in [3.63, 3.8) is 0 Å². The molecule has 0 aliphatic rings. The molecule has 2 aromatic carbocycles. The number of hydrogen-bond donors (Lipinski definition) is 0. The number of ketones is 1. The highest BCUT2D eigenvalue weighted by Gasteiger charge is 2.31. The van der Waals surface area contributed by atoms with Gasteiger partial charge in [-0.3, -0.25) is 14.9 Å². The minimum atomic E-state index is -0.941. The molecule has 0 saturated heterocycles. The van der Waals surface area contributed by atoms with Crippen LogP contribution in [0.2, 0.25) is 0 Å². The van der Waals surface area contributed by atoms with Gasteiger partial charge in [0.05, 0.1) is 20.1 Å². The lowest BCUT2D eigenvalue weighted by atomic mass is 9.88. The highest BCUT2D eigenvalue weighted by atomic mass is 16.6. The Labute approximate surface area is 177 Å². The molecule has 0 radical (unpaired) electrons. The lowest BCUT2D eigenvalue weighted by molar-refractivity contribution is -0.525. The fourth-order valence-electron chi connectivity index (χ4n) is 3.46. The Morgan fingerprint density at radius 1 is 1.10 bits per heavy atom. The molecule has 2 unspecified atom stereocenters. The molecule has 30 heavy (non-hydrogen) atoms. The summed E-state index contributed by atoms with van der Waals surface area (Å²) < 4.78 is 10.5. The van der Waals surface area contributed by atoms with Crippen LogP contribution in [0.15, 0.2) is 55.1 Å². The van der Waals surface area contributed by atoms with Gasteiger partial charge in [0.15, 0.2) is 11.5 Å². The van der Waals surface area contributed by atoms with Crippen LogP contribution < -0.4 is 9.47 Å². The molecular weight excluding hydrogens is 382 g/mol. The number of Topliss-reactive ketones (excluding diaryl/α,β-unsaturated/α-hetero) is 1. The molecule has 0 spiro atoms. The Bertz CT molecular complexity index is 876. The molecule has 0 aromatic heterocycles. The van der Waals surface area contributed by atoms with E-state index in [9.17, 15) is 14.9 Å². The zero-order valence-corrected chi connectivity index (χ0v) is 17.8. The second-order valence-corrected chi connectivity index (χ2v) is 7.29. The first-order valence-electron chi connectivity index (χ1n) is 9.94. The SMILES string of the molecule is C=CC(c1ccc(OC)c(OC)c1)C(CCC(=O)CCc1ccc(C)cc1)[N+](=O)[O-]. The van der Waals surface area contributed by atoms with Crippen molar-refractivity contribution in [2.24, 2.45) is 0 Å². The predicted octanol–water partition coefficient (Wildman–Crippen LogP) is 4.91. The van der Waals surface area contributed by atoms with Gasteiger partial charge in [0.1, 0.15) is 5.78 Å². The van der Waals surface area contributed by atoms with E-state index in [1.165, 1.54) is 19.8 Å². The molecule has 2 aromatic rings. The first-order valence-corrected chi connectivity index (χ1v) is 9.94. The third-order valence-electron chi connectivity index (χ3n) is 5.26. The van der Waals surface area contributed by atoms with Gasteiger partial charge in [0.2, 0.25) is 6.04 Å². The van der Waals surface area contributed by atoms with Crippen LogP contribution in [0.4, 0.5) is 0 Å². The minimum absolute atomic E-state index is 0.0255. The van der Waals surface area contributed by atoms with Gasteiger partial charge >= 0.3 is 0 Å². The second kappa shape index (κ2) is 11.1. The summed E-state index contributed by atoms with van der Waals surface area (Å²) in [6, 6.07) is 12.3. The number of carbonyl (C=O) groups excluding carboxylic acids is 1. The number of hydrogen-bond acceptors (Lipinski definition) is 5. The van der Waals surface area contributed by atoms with Crippen molar-refractivity contribution in [3.8, 4) is 11.5 Å². The summed E-state index contributed by atoms with van der Waals surface area (Å²) in [5, 5.41) is 11.8. The van der Waals surface area contributed by atoms with E-state index in [0.29, 0.717) is 29.9 Å². The molecule has 0 aliphatic heterocycles.